The van der Waals surface area contributed by atoms with Crippen LogP contribution in [-0.2, 0) is 11.3 Å². The molecule has 1 atom stereocenters. The Bertz CT molecular complexity index is 1040. The van der Waals surface area contributed by atoms with Gasteiger partial charge in [0.2, 0.25) is 11.8 Å². The number of amides is 2. The molecular weight excluding hydrogens is 409 g/mol. The van der Waals surface area contributed by atoms with Gasteiger partial charge in [-0.3, -0.25) is 9.59 Å². The molecule has 3 rings (SSSR count). The predicted octanol–water partition coefficient (Wildman–Crippen LogP) is 4.10. The second kappa shape index (κ2) is 9.84. The van der Waals surface area contributed by atoms with E-state index >= 15 is 0 Å². The van der Waals surface area contributed by atoms with E-state index in [9.17, 15) is 14.0 Å². The van der Waals surface area contributed by atoms with Crippen molar-refractivity contribution in [2.24, 2.45) is 0 Å². The van der Waals surface area contributed by atoms with Crippen molar-refractivity contribution in [3.8, 4) is 11.6 Å². The third kappa shape index (κ3) is 5.78. The summed E-state index contributed by atoms with van der Waals surface area (Å²) in [5.41, 5.74) is 1.05. The van der Waals surface area contributed by atoms with Gasteiger partial charge < -0.3 is 15.4 Å². The third-order valence-corrected chi connectivity index (χ3v) is 4.49. The maximum atomic E-state index is 13.0. The highest BCUT2D eigenvalue weighted by molar-refractivity contribution is 6.33. The minimum absolute atomic E-state index is 0.216. The van der Waals surface area contributed by atoms with Crippen molar-refractivity contribution < 1.29 is 18.7 Å². The van der Waals surface area contributed by atoms with E-state index in [1.54, 1.807) is 49.5 Å². The fraction of sp³-hybridized carbons (Fsp3) is 0.136. The molecule has 6 nitrogen and oxygen atoms in total. The highest BCUT2D eigenvalue weighted by atomic mass is 35.5. The quantitative estimate of drug-likeness (QED) is 0.595. The molecule has 8 heteroatoms. The minimum atomic E-state index is -0.759. The van der Waals surface area contributed by atoms with E-state index in [4.69, 9.17) is 16.3 Å². The maximum Gasteiger partial charge on any atom is 0.253 e. The molecule has 1 aromatic heterocycles. The second-order valence-corrected chi connectivity index (χ2v) is 6.86. The van der Waals surface area contributed by atoms with Gasteiger partial charge in [0.05, 0.1) is 10.6 Å². The van der Waals surface area contributed by atoms with E-state index in [1.165, 1.54) is 24.3 Å². The molecule has 30 heavy (non-hydrogen) atoms. The van der Waals surface area contributed by atoms with Crippen molar-refractivity contribution in [1.82, 2.24) is 15.6 Å². The van der Waals surface area contributed by atoms with Crippen LogP contribution in [0.3, 0.4) is 0 Å². The lowest BCUT2D eigenvalue weighted by molar-refractivity contribution is -0.122. The van der Waals surface area contributed by atoms with Crippen LogP contribution in [0.1, 0.15) is 22.8 Å². The van der Waals surface area contributed by atoms with Crippen molar-refractivity contribution >= 4 is 23.4 Å². The highest BCUT2D eigenvalue weighted by Gasteiger charge is 2.18. The standard InChI is InChI=1S/C22H19ClFN3O3/c1-14(27-22(29)18-4-2-3-5-19(18)23)21(28)26-13-15-10-11-25-20(12-15)30-17-8-6-16(24)7-9-17/h2-12,14H,13H2,1H3,(H,26,28)(H,27,29). The molecule has 1 heterocycles. The van der Waals surface area contributed by atoms with Gasteiger partial charge in [0, 0.05) is 18.8 Å². The number of hydrogen-bond donors (Lipinski definition) is 2. The average molecular weight is 428 g/mol. The largest absolute Gasteiger partial charge is 0.439 e. The minimum Gasteiger partial charge on any atom is -0.439 e. The number of halogens is 2. The summed E-state index contributed by atoms with van der Waals surface area (Å²) in [6.07, 6.45) is 1.54. The summed E-state index contributed by atoms with van der Waals surface area (Å²) in [5.74, 6) is -0.382. The summed E-state index contributed by atoms with van der Waals surface area (Å²) in [5, 5.41) is 5.68. The number of carbonyl (C=O) groups is 2. The molecule has 3 aromatic rings. The van der Waals surface area contributed by atoms with Gasteiger partial charge in [-0.25, -0.2) is 9.37 Å². The van der Waals surface area contributed by atoms with Crippen LogP contribution in [0.15, 0.2) is 66.9 Å². The first-order valence-corrected chi connectivity index (χ1v) is 9.51. The first kappa shape index (κ1) is 21.3. The molecule has 0 aliphatic heterocycles. The fourth-order valence-corrected chi connectivity index (χ4v) is 2.79. The Hall–Kier alpha value is -3.45. The molecule has 0 saturated heterocycles. The maximum absolute atomic E-state index is 13.0. The van der Waals surface area contributed by atoms with Gasteiger partial charge in [-0.1, -0.05) is 23.7 Å². The summed E-state index contributed by atoms with van der Waals surface area (Å²) in [6, 6.07) is 14.8. The molecule has 0 fully saturated rings. The topological polar surface area (TPSA) is 80.3 Å². The van der Waals surface area contributed by atoms with Crippen molar-refractivity contribution in [3.63, 3.8) is 0 Å². The number of nitrogens with zero attached hydrogens (tertiary/aromatic N) is 1. The van der Waals surface area contributed by atoms with Gasteiger partial charge in [0.15, 0.2) is 0 Å². The molecule has 154 valence electrons. The monoisotopic (exact) mass is 427 g/mol. The van der Waals surface area contributed by atoms with Crippen molar-refractivity contribution in [2.45, 2.75) is 19.5 Å². The molecule has 2 amide bonds. The van der Waals surface area contributed by atoms with Crippen LogP contribution >= 0.6 is 11.6 Å². The SMILES string of the molecule is CC(NC(=O)c1ccccc1Cl)C(=O)NCc1ccnc(Oc2ccc(F)cc2)c1. The first-order chi connectivity index (χ1) is 14.4. The fourth-order valence-electron chi connectivity index (χ4n) is 2.57. The molecule has 0 spiro atoms. The number of nitrogens with one attached hydrogen (secondary N) is 2. The zero-order chi connectivity index (χ0) is 21.5. The van der Waals surface area contributed by atoms with Gasteiger partial charge >= 0.3 is 0 Å². The van der Waals surface area contributed by atoms with E-state index in [0.717, 1.165) is 5.56 Å². The van der Waals surface area contributed by atoms with E-state index in [0.29, 0.717) is 22.2 Å². The van der Waals surface area contributed by atoms with Crippen LogP contribution < -0.4 is 15.4 Å². The second-order valence-electron chi connectivity index (χ2n) is 6.45. The van der Waals surface area contributed by atoms with Crippen molar-refractivity contribution in [1.29, 1.82) is 0 Å². The Morgan fingerprint density at radius 2 is 1.87 bits per heavy atom. The van der Waals surface area contributed by atoms with Crippen LogP contribution in [0.4, 0.5) is 4.39 Å². The summed E-state index contributed by atoms with van der Waals surface area (Å²) < 4.78 is 18.6. The Morgan fingerprint density at radius 1 is 1.13 bits per heavy atom. The molecule has 0 saturated carbocycles. The molecule has 0 aliphatic rings. The van der Waals surface area contributed by atoms with E-state index in [1.807, 2.05) is 0 Å². The number of carbonyl (C=O) groups excluding carboxylic acids is 2. The first-order valence-electron chi connectivity index (χ1n) is 9.14. The van der Waals surface area contributed by atoms with Crippen molar-refractivity contribution in [3.05, 3.63) is 88.8 Å². The Labute approximate surface area is 178 Å². The number of rotatable bonds is 7. The lowest BCUT2D eigenvalue weighted by atomic mass is 10.2. The molecule has 0 bridgehead atoms. The molecular formula is C22H19ClFN3O3. The van der Waals surface area contributed by atoms with E-state index in [2.05, 4.69) is 15.6 Å². The molecule has 0 aliphatic carbocycles. The van der Waals surface area contributed by atoms with Crippen LogP contribution in [0.2, 0.25) is 5.02 Å². The van der Waals surface area contributed by atoms with Gasteiger partial charge in [-0.05, 0) is 55.0 Å². The Balaban J connectivity index is 1.54. The zero-order valence-electron chi connectivity index (χ0n) is 16.1. The predicted molar refractivity (Wildman–Crippen MR) is 111 cm³/mol. The van der Waals surface area contributed by atoms with Crippen LogP contribution in [0, 0.1) is 5.82 Å². The molecule has 0 radical (unpaired) electrons. The summed E-state index contributed by atoms with van der Waals surface area (Å²) >= 11 is 6.01. The van der Waals surface area contributed by atoms with Crippen LogP contribution in [0.25, 0.3) is 0 Å². The number of aromatic nitrogens is 1. The Morgan fingerprint density at radius 3 is 2.60 bits per heavy atom. The molecule has 2 aromatic carbocycles. The average Bonchev–Trinajstić information content (AvgIpc) is 2.74. The lowest BCUT2D eigenvalue weighted by Crippen LogP contribution is -2.44. The van der Waals surface area contributed by atoms with Gasteiger partial charge in [-0.2, -0.15) is 0 Å². The number of ether oxygens (including phenoxy) is 1. The van der Waals surface area contributed by atoms with Gasteiger partial charge in [0.1, 0.15) is 17.6 Å². The summed E-state index contributed by atoms with van der Waals surface area (Å²) in [7, 11) is 0. The van der Waals surface area contributed by atoms with E-state index < -0.39 is 11.9 Å². The molecule has 1 unspecified atom stereocenters. The van der Waals surface area contributed by atoms with Gasteiger partial charge in [0.25, 0.3) is 5.91 Å². The number of benzene rings is 2. The lowest BCUT2D eigenvalue weighted by Gasteiger charge is -2.15. The Kier molecular flexibility index (Phi) is 6.98. The summed E-state index contributed by atoms with van der Waals surface area (Å²) in [6.45, 7) is 1.80. The van der Waals surface area contributed by atoms with E-state index in [-0.39, 0.29) is 18.3 Å². The molecule has 2 N–H and O–H groups in total. The third-order valence-electron chi connectivity index (χ3n) is 4.16. The zero-order valence-corrected chi connectivity index (χ0v) is 16.8. The number of pyridine rings is 1. The normalized spacial score (nSPS) is 11.4. The smallest absolute Gasteiger partial charge is 0.253 e. The van der Waals surface area contributed by atoms with Crippen molar-refractivity contribution in [2.75, 3.05) is 0 Å². The number of hydrogen-bond acceptors (Lipinski definition) is 4. The van der Waals surface area contributed by atoms with Crippen LogP contribution in [-0.4, -0.2) is 22.8 Å². The highest BCUT2D eigenvalue weighted by Crippen LogP contribution is 2.20. The van der Waals surface area contributed by atoms with Gasteiger partial charge in [-0.15, -0.1) is 0 Å². The summed E-state index contributed by atoms with van der Waals surface area (Å²) in [4.78, 5) is 28.7. The van der Waals surface area contributed by atoms with Crippen LogP contribution in [0.5, 0.6) is 11.6 Å².